The number of nitrogens with one attached hydrogen (secondary N) is 2. The summed E-state index contributed by atoms with van der Waals surface area (Å²) >= 11 is 0. The van der Waals surface area contributed by atoms with Gasteiger partial charge < -0.3 is 5.73 Å². The quantitative estimate of drug-likeness (QED) is 0.382. The summed E-state index contributed by atoms with van der Waals surface area (Å²) in [6.07, 6.45) is 1.41. The van der Waals surface area contributed by atoms with Crippen molar-refractivity contribution in [2.45, 2.75) is 6.92 Å². The average molecular weight is 203 g/mol. The molecule has 0 aliphatic rings. The number of carbonyl (C=O) groups excluding carboxylic acids is 1. The predicted molar refractivity (Wildman–Crippen MR) is 60.1 cm³/mol. The smallest absolute Gasteiger partial charge is 0.250 e. The first-order valence-corrected chi connectivity index (χ1v) is 4.48. The Kier molecular flexibility index (Phi) is 3.62. The highest BCUT2D eigenvalue weighted by Crippen LogP contribution is 2.11. The van der Waals surface area contributed by atoms with Crippen molar-refractivity contribution in [1.29, 1.82) is 5.41 Å². The van der Waals surface area contributed by atoms with E-state index in [1.165, 1.54) is 6.08 Å². The van der Waals surface area contributed by atoms with Crippen molar-refractivity contribution in [3.05, 3.63) is 42.0 Å². The Bertz CT molecular complexity index is 396. The molecule has 1 amide bonds. The Labute approximate surface area is 88.3 Å². The van der Waals surface area contributed by atoms with Gasteiger partial charge in [-0.05, 0) is 18.1 Å². The van der Waals surface area contributed by atoms with E-state index >= 15 is 0 Å². The molecule has 15 heavy (non-hydrogen) atoms. The number of guanidine groups is 1. The summed E-state index contributed by atoms with van der Waals surface area (Å²) in [6.45, 7) is 1.83. The van der Waals surface area contributed by atoms with Gasteiger partial charge in [0.1, 0.15) is 0 Å². The van der Waals surface area contributed by atoms with Gasteiger partial charge in [-0.1, -0.05) is 30.3 Å². The van der Waals surface area contributed by atoms with Crippen molar-refractivity contribution in [3.8, 4) is 0 Å². The molecule has 0 radical (unpaired) electrons. The standard InChI is InChI=1S/C11H13N3O/c1-8(7-10(15)14-11(12)13)9-5-3-2-4-6-9/h2-7H,1H3,(H4,12,13,14,15). The van der Waals surface area contributed by atoms with E-state index in [4.69, 9.17) is 11.1 Å². The lowest BCUT2D eigenvalue weighted by atomic mass is 10.1. The molecule has 1 aromatic carbocycles. The molecule has 0 unspecified atom stereocenters. The molecule has 78 valence electrons. The number of hydrogen-bond donors (Lipinski definition) is 3. The third-order valence-corrected chi connectivity index (χ3v) is 1.83. The minimum atomic E-state index is -0.385. The van der Waals surface area contributed by atoms with Crippen molar-refractivity contribution in [2.75, 3.05) is 0 Å². The molecule has 4 heteroatoms. The largest absolute Gasteiger partial charge is 0.370 e. The zero-order chi connectivity index (χ0) is 11.3. The Morgan fingerprint density at radius 1 is 1.40 bits per heavy atom. The van der Waals surface area contributed by atoms with E-state index < -0.39 is 0 Å². The zero-order valence-corrected chi connectivity index (χ0v) is 8.45. The highest BCUT2D eigenvalue weighted by molar-refractivity contribution is 6.03. The van der Waals surface area contributed by atoms with Crippen LogP contribution in [-0.2, 0) is 4.79 Å². The van der Waals surface area contributed by atoms with Crippen LogP contribution < -0.4 is 11.1 Å². The van der Waals surface area contributed by atoms with E-state index in [0.717, 1.165) is 11.1 Å². The number of amides is 1. The number of carbonyl (C=O) groups is 1. The second-order valence-corrected chi connectivity index (χ2v) is 3.10. The molecule has 4 N–H and O–H groups in total. The summed E-state index contributed by atoms with van der Waals surface area (Å²) in [5, 5.41) is 9.08. The maximum absolute atomic E-state index is 11.2. The van der Waals surface area contributed by atoms with E-state index in [-0.39, 0.29) is 11.9 Å². The molecule has 0 saturated carbocycles. The maximum atomic E-state index is 11.2. The van der Waals surface area contributed by atoms with Crippen molar-refractivity contribution in [1.82, 2.24) is 5.32 Å². The number of benzene rings is 1. The number of rotatable bonds is 2. The highest BCUT2D eigenvalue weighted by atomic mass is 16.1. The van der Waals surface area contributed by atoms with Crippen LogP contribution in [0.15, 0.2) is 36.4 Å². The first-order chi connectivity index (χ1) is 7.09. The lowest BCUT2D eigenvalue weighted by Gasteiger charge is -2.01. The van der Waals surface area contributed by atoms with E-state index in [1.807, 2.05) is 37.3 Å². The van der Waals surface area contributed by atoms with Crippen LogP contribution in [0.25, 0.3) is 5.57 Å². The number of nitrogens with two attached hydrogens (primary N) is 1. The lowest BCUT2D eigenvalue weighted by Crippen LogP contribution is -2.34. The highest BCUT2D eigenvalue weighted by Gasteiger charge is 2.00. The van der Waals surface area contributed by atoms with Gasteiger partial charge in [0.15, 0.2) is 5.96 Å². The molecule has 0 heterocycles. The second kappa shape index (κ2) is 4.95. The van der Waals surface area contributed by atoms with E-state index in [1.54, 1.807) is 0 Å². The molecule has 4 nitrogen and oxygen atoms in total. The molecular formula is C11H13N3O. The molecular weight excluding hydrogens is 190 g/mol. The number of hydrogen-bond acceptors (Lipinski definition) is 2. The van der Waals surface area contributed by atoms with Crippen molar-refractivity contribution >= 4 is 17.4 Å². The molecule has 0 bridgehead atoms. The van der Waals surface area contributed by atoms with Crippen molar-refractivity contribution in [2.24, 2.45) is 5.73 Å². The number of allylic oxidation sites excluding steroid dienone is 1. The fourth-order valence-corrected chi connectivity index (χ4v) is 1.15. The van der Waals surface area contributed by atoms with Gasteiger partial charge in [0.25, 0.3) is 5.91 Å². The molecule has 0 spiro atoms. The monoisotopic (exact) mass is 203 g/mol. The molecule has 0 fully saturated rings. The molecule has 0 atom stereocenters. The van der Waals surface area contributed by atoms with Gasteiger partial charge in [-0.3, -0.25) is 15.5 Å². The van der Waals surface area contributed by atoms with Crippen LogP contribution in [0.4, 0.5) is 0 Å². The van der Waals surface area contributed by atoms with Crippen LogP contribution in [0.3, 0.4) is 0 Å². The van der Waals surface area contributed by atoms with Gasteiger partial charge in [-0.2, -0.15) is 0 Å². The summed E-state index contributed by atoms with van der Waals surface area (Å²) in [5.41, 5.74) is 6.83. The first kappa shape index (κ1) is 11.0. The minimum Gasteiger partial charge on any atom is -0.370 e. The Morgan fingerprint density at radius 3 is 2.53 bits per heavy atom. The van der Waals surface area contributed by atoms with Crippen LogP contribution in [-0.4, -0.2) is 11.9 Å². The van der Waals surface area contributed by atoms with Crippen LogP contribution in [0.5, 0.6) is 0 Å². The predicted octanol–water partition coefficient (Wildman–Crippen LogP) is 1.10. The van der Waals surface area contributed by atoms with Gasteiger partial charge in [-0.25, -0.2) is 0 Å². The molecule has 0 saturated heterocycles. The fourth-order valence-electron chi connectivity index (χ4n) is 1.15. The van der Waals surface area contributed by atoms with Gasteiger partial charge >= 0.3 is 0 Å². The Hall–Kier alpha value is -2.10. The summed E-state index contributed by atoms with van der Waals surface area (Å²) in [7, 11) is 0. The van der Waals surface area contributed by atoms with Gasteiger partial charge in [0.2, 0.25) is 0 Å². The summed E-state index contributed by atoms with van der Waals surface area (Å²) in [6, 6.07) is 9.53. The molecule has 1 rings (SSSR count). The van der Waals surface area contributed by atoms with Crippen molar-refractivity contribution in [3.63, 3.8) is 0 Å². The third-order valence-electron chi connectivity index (χ3n) is 1.83. The van der Waals surface area contributed by atoms with Gasteiger partial charge in [-0.15, -0.1) is 0 Å². The normalized spacial score (nSPS) is 10.9. The van der Waals surface area contributed by atoms with Gasteiger partial charge in [0.05, 0.1) is 0 Å². The summed E-state index contributed by atoms with van der Waals surface area (Å²) < 4.78 is 0. The van der Waals surface area contributed by atoms with Crippen molar-refractivity contribution < 1.29 is 4.79 Å². The first-order valence-electron chi connectivity index (χ1n) is 4.48. The van der Waals surface area contributed by atoms with E-state index in [2.05, 4.69) is 5.32 Å². The molecule has 0 aromatic heterocycles. The van der Waals surface area contributed by atoms with Crippen LogP contribution in [0, 0.1) is 5.41 Å². The zero-order valence-electron chi connectivity index (χ0n) is 8.45. The summed E-state index contributed by atoms with van der Waals surface area (Å²) in [5.74, 6) is -0.735. The van der Waals surface area contributed by atoms with Crippen LogP contribution in [0.2, 0.25) is 0 Å². The third kappa shape index (κ3) is 3.64. The minimum absolute atomic E-state index is 0.350. The maximum Gasteiger partial charge on any atom is 0.250 e. The molecule has 0 aliphatic heterocycles. The average Bonchev–Trinajstić information content (AvgIpc) is 2.17. The molecule has 1 aromatic rings. The SMILES string of the molecule is CC(=CC(=O)NC(=N)N)c1ccccc1. The van der Waals surface area contributed by atoms with Crippen LogP contribution >= 0.6 is 0 Å². The van der Waals surface area contributed by atoms with Crippen LogP contribution in [0.1, 0.15) is 12.5 Å². The summed E-state index contributed by atoms with van der Waals surface area (Å²) in [4.78, 5) is 11.2. The fraction of sp³-hybridized carbons (Fsp3) is 0.0909. The van der Waals surface area contributed by atoms with Gasteiger partial charge in [0, 0.05) is 6.08 Å². The topological polar surface area (TPSA) is 79.0 Å². The lowest BCUT2D eigenvalue weighted by molar-refractivity contribution is -0.115. The Morgan fingerprint density at radius 2 is 2.00 bits per heavy atom. The molecule has 0 aliphatic carbocycles. The second-order valence-electron chi connectivity index (χ2n) is 3.10. The van der Waals surface area contributed by atoms with E-state index in [9.17, 15) is 4.79 Å². The van der Waals surface area contributed by atoms with E-state index in [0.29, 0.717) is 0 Å². The Balaban J connectivity index is 2.76.